The van der Waals surface area contributed by atoms with Crippen molar-refractivity contribution < 1.29 is 0 Å². The van der Waals surface area contributed by atoms with Gasteiger partial charge in [-0.1, -0.05) is 12.1 Å². The number of benzene rings is 1. The van der Waals surface area contributed by atoms with Gasteiger partial charge < -0.3 is 5.73 Å². The minimum atomic E-state index is 0.120. The van der Waals surface area contributed by atoms with Crippen LogP contribution in [0.25, 0.3) is 0 Å². The monoisotopic (exact) mass is 213 g/mol. The minimum Gasteiger partial charge on any atom is -0.324 e. The van der Waals surface area contributed by atoms with E-state index < -0.39 is 0 Å². The van der Waals surface area contributed by atoms with Crippen molar-refractivity contribution in [2.75, 3.05) is 12.5 Å². The summed E-state index contributed by atoms with van der Waals surface area (Å²) in [7, 11) is 0. The predicted molar refractivity (Wildman–Crippen MR) is 62.6 cm³/mol. The highest BCUT2D eigenvalue weighted by atomic mass is 32.2. The molecule has 1 rings (SSSR count). The second kappa shape index (κ2) is 4.94. The third-order valence-corrected chi connectivity index (χ3v) is 3.70. The first-order valence-corrected chi connectivity index (χ1v) is 6.62. The molecule has 0 fully saturated rings. The van der Waals surface area contributed by atoms with Gasteiger partial charge in [-0.05, 0) is 31.1 Å². The standard InChI is InChI=1S/C10H15NS2/c1-7(11)8-5-4-6-9(12-2)10(8)13-3/h4-7H,11H2,1-3H3. The molecule has 0 aliphatic rings. The lowest BCUT2D eigenvalue weighted by molar-refractivity contribution is 0.788. The van der Waals surface area contributed by atoms with E-state index in [0.29, 0.717) is 0 Å². The zero-order valence-electron chi connectivity index (χ0n) is 8.20. The Labute approximate surface area is 88.5 Å². The molecule has 1 atom stereocenters. The van der Waals surface area contributed by atoms with Crippen molar-refractivity contribution in [2.45, 2.75) is 22.8 Å². The molecule has 0 aromatic heterocycles. The number of nitrogens with two attached hydrogens (primary N) is 1. The Balaban J connectivity index is 3.19. The van der Waals surface area contributed by atoms with Crippen LogP contribution in [0.2, 0.25) is 0 Å². The molecule has 0 saturated heterocycles. The second-order valence-electron chi connectivity index (χ2n) is 2.87. The molecule has 2 N–H and O–H groups in total. The molecule has 72 valence electrons. The van der Waals surface area contributed by atoms with Crippen LogP contribution in [0.5, 0.6) is 0 Å². The van der Waals surface area contributed by atoms with Gasteiger partial charge in [0.15, 0.2) is 0 Å². The predicted octanol–water partition coefficient (Wildman–Crippen LogP) is 3.15. The zero-order chi connectivity index (χ0) is 9.84. The molecular formula is C10H15NS2. The van der Waals surface area contributed by atoms with E-state index in [-0.39, 0.29) is 6.04 Å². The molecule has 3 heteroatoms. The van der Waals surface area contributed by atoms with Crippen LogP contribution in [0.15, 0.2) is 28.0 Å². The molecule has 1 aromatic rings. The molecule has 0 aliphatic heterocycles. The van der Waals surface area contributed by atoms with Gasteiger partial charge in [-0.15, -0.1) is 23.5 Å². The van der Waals surface area contributed by atoms with Crippen LogP contribution in [0.4, 0.5) is 0 Å². The summed E-state index contributed by atoms with van der Waals surface area (Å²) < 4.78 is 0. The van der Waals surface area contributed by atoms with Crippen molar-refractivity contribution in [1.29, 1.82) is 0 Å². The smallest absolute Gasteiger partial charge is 0.0277 e. The summed E-state index contributed by atoms with van der Waals surface area (Å²) in [6, 6.07) is 6.44. The molecule has 1 unspecified atom stereocenters. The quantitative estimate of drug-likeness (QED) is 0.781. The van der Waals surface area contributed by atoms with Crippen LogP contribution in [0.3, 0.4) is 0 Å². The lowest BCUT2D eigenvalue weighted by Gasteiger charge is -2.13. The Kier molecular flexibility index (Phi) is 4.16. The van der Waals surface area contributed by atoms with E-state index in [1.807, 2.05) is 6.92 Å². The van der Waals surface area contributed by atoms with E-state index in [1.54, 1.807) is 23.5 Å². The Morgan fingerprint density at radius 1 is 1.23 bits per heavy atom. The fourth-order valence-corrected chi connectivity index (χ4v) is 3.05. The van der Waals surface area contributed by atoms with Gasteiger partial charge >= 0.3 is 0 Å². The molecule has 1 aromatic carbocycles. The van der Waals surface area contributed by atoms with Crippen LogP contribution < -0.4 is 5.73 Å². The van der Waals surface area contributed by atoms with Crippen molar-refractivity contribution in [3.8, 4) is 0 Å². The van der Waals surface area contributed by atoms with Gasteiger partial charge in [-0.25, -0.2) is 0 Å². The van der Waals surface area contributed by atoms with Gasteiger partial charge in [0.05, 0.1) is 0 Å². The lowest BCUT2D eigenvalue weighted by Crippen LogP contribution is -2.06. The fourth-order valence-electron chi connectivity index (χ4n) is 1.27. The van der Waals surface area contributed by atoms with Crippen molar-refractivity contribution >= 4 is 23.5 Å². The Morgan fingerprint density at radius 3 is 2.38 bits per heavy atom. The number of rotatable bonds is 3. The molecule has 0 spiro atoms. The van der Waals surface area contributed by atoms with E-state index in [0.717, 1.165) is 0 Å². The third-order valence-electron chi connectivity index (χ3n) is 1.92. The van der Waals surface area contributed by atoms with Crippen LogP contribution in [-0.2, 0) is 0 Å². The Morgan fingerprint density at radius 2 is 1.92 bits per heavy atom. The molecule has 0 amide bonds. The first-order chi connectivity index (χ1) is 6.20. The van der Waals surface area contributed by atoms with Gasteiger partial charge in [0.25, 0.3) is 0 Å². The molecule has 0 heterocycles. The van der Waals surface area contributed by atoms with Crippen molar-refractivity contribution in [2.24, 2.45) is 5.73 Å². The van der Waals surface area contributed by atoms with Crippen LogP contribution >= 0.6 is 23.5 Å². The van der Waals surface area contributed by atoms with Crippen molar-refractivity contribution in [3.63, 3.8) is 0 Å². The Bertz CT molecular complexity index is 284. The molecular weight excluding hydrogens is 198 g/mol. The van der Waals surface area contributed by atoms with Gasteiger partial charge in [-0.2, -0.15) is 0 Å². The topological polar surface area (TPSA) is 26.0 Å². The van der Waals surface area contributed by atoms with E-state index in [4.69, 9.17) is 5.73 Å². The highest BCUT2D eigenvalue weighted by molar-refractivity contribution is 8.01. The van der Waals surface area contributed by atoms with Gasteiger partial charge in [0.1, 0.15) is 0 Å². The summed E-state index contributed by atoms with van der Waals surface area (Å²) in [4.78, 5) is 2.65. The molecule has 0 saturated carbocycles. The summed E-state index contributed by atoms with van der Waals surface area (Å²) >= 11 is 3.55. The minimum absolute atomic E-state index is 0.120. The first kappa shape index (κ1) is 11.0. The highest BCUT2D eigenvalue weighted by Crippen LogP contribution is 2.33. The summed E-state index contributed by atoms with van der Waals surface area (Å²) in [5, 5.41) is 0. The maximum Gasteiger partial charge on any atom is 0.0277 e. The van der Waals surface area contributed by atoms with Gasteiger partial charge in [-0.3, -0.25) is 0 Å². The molecule has 0 bridgehead atoms. The summed E-state index contributed by atoms with van der Waals surface area (Å²) in [5.41, 5.74) is 7.14. The Hall–Kier alpha value is -0.120. The summed E-state index contributed by atoms with van der Waals surface area (Å²) in [6.07, 6.45) is 4.20. The molecule has 0 aliphatic carbocycles. The normalized spacial score (nSPS) is 12.9. The van der Waals surface area contributed by atoms with Crippen LogP contribution in [0.1, 0.15) is 18.5 Å². The SMILES string of the molecule is CSc1cccc(C(C)N)c1SC. The van der Waals surface area contributed by atoms with Gasteiger partial charge in [0, 0.05) is 15.8 Å². The van der Waals surface area contributed by atoms with Crippen LogP contribution in [0, 0.1) is 0 Å². The second-order valence-corrected chi connectivity index (χ2v) is 4.54. The van der Waals surface area contributed by atoms with E-state index >= 15 is 0 Å². The number of hydrogen-bond donors (Lipinski definition) is 1. The van der Waals surface area contributed by atoms with Gasteiger partial charge in [0.2, 0.25) is 0 Å². The van der Waals surface area contributed by atoms with E-state index in [1.165, 1.54) is 15.4 Å². The average Bonchev–Trinajstić information content (AvgIpc) is 2.16. The maximum atomic E-state index is 5.89. The van der Waals surface area contributed by atoms with Crippen molar-refractivity contribution in [1.82, 2.24) is 0 Å². The van der Waals surface area contributed by atoms with E-state index in [9.17, 15) is 0 Å². The number of hydrogen-bond acceptors (Lipinski definition) is 3. The highest BCUT2D eigenvalue weighted by Gasteiger charge is 2.09. The third kappa shape index (κ3) is 2.42. The largest absolute Gasteiger partial charge is 0.324 e. The van der Waals surface area contributed by atoms with E-state index in [2.05, 4.69) is 30.7 Å². The summed E-state index contributed by atoms with van der Waals surface area (Å²) in [5.74, 6) is 0. The molecule has 0 radical (unpaired) electrons. The fraction of sp³-hybridized carbons (Fsp3) is 0.400. The molecule has 13 heavy (non-hydrogen) atoms. The average molecular weight is 213 g/mol. The summed E-state index contributed by atoms with van der Waals surface area (Å²) in [6.45, 7) is 2.03. The molecule has 1 nitrogen and oxygen atoms in total. The lowest BCUT2D eigenvalue weighted by atomic mass is 10.1. The number of thioether (sulfide) groups is 2. The zero-order valence-corrected chi connectivity index (χ0v) is 9.84. The first-order valence-electron chi connectivity index (χ1n) is 4.17. The van der Waals surface area contributed by atoms with Crippen molar-refractivity contribution in [3.05, 3.63) is 23.8 Å². The van der Waals surface area contributed by atoms with Crippen LogP contribution in [-0.4, -0.2) is 12.5 Å². The maximum absolute atomic E-state index is 5.89.